The van der Waals surface area contributed by atoms with E-state index in [1.54, 1.807) is 18.7 Å². The zero-order chi connectivity index (χ0) is 14.1. The molecule has 0 unspecified atom stereocenters. The van der Waals surface area contributed by atoms with E-state index in [0.29, 0.717) is 17.3 Å². The van der Waals surface area contributed by atoms with Gasteiger partial charge in [0.2, 0.25) is 0 Å². The maximum Gasteiger partial charge on any atom is 0.182 e. The Hall–Kier alpha value is -2.08. The molecule has 0 N–H and O–H groups in total. The summed E-state index contributed by atoms with van der Waals surface area (Å²) in [4.78, 5) is 4.50. The number of hydrogen-bond donors (Lipinski definition) is 0. The number of pyridine rings is 1. The molecule has 20 heavy (non-hydrogen) atoms. The minimum atomic E-state index is 0.643. The lowest BCUT2D eigenvalue weighted by atomic mass is 10.2. The van der Waals surface area contributed by atoms with E-state index in [4.69, 9.17) is 9.47 Å². The fourth-order valence-electron chi connectivity index (χ4n) is 1.95. The number of hydrogen-bond acceptors (Lipinski definition) is 4. The van der Waals surface area contributed by atoms with Gasteiger partial charge in [0.1, 0.15) is 0 Å². The first-order chi connectivity index (χ1) is 9.71. The number of rotatable bonds is 3. The molecular weight excluding hydrogens is 322 g/mol. The van der Waals surface area contributed by atoms with Crippen molar-refractivity contribution in [1.29, 1.82) is 0 Å². The smallest absolute Gasteiger partial charge is 0.182 e. The summed E-state index contributed by atoms with van der Waals surface area (Å²) in [7, 11) is 3.22. The summed E-state index contributed by atoms with van der Waals surface area (Å²) in [6.07, 6.45) is 1.86. The standard InChI is InChI=1S/C14H12BrN3O2/c1-19-11-4-3-9(7-12(11)20-2)14-16-13-8-10(15)5-6-18(13)17-14/h3-8H,1-2H3. The monoisotopic (exact) mass is 333 g/mol. The van der Waals surface area contributed by atoms with Crippen molar-refractivity contribution >= 4 is 21.6 Å². The number of nitrogens with zero attached hydrogens (tertiary/aromatic N) is 3. The highest BCUT2D eigenvalue weighted by atomic mass is 79.9. The van der Waals surface area contributed by atoms with Crippen LogP contribution in [-0.2, 0) is 0 Å². The minimum Gasteiger partial charge on any atom is -0.493 e. The quantitative estimate of drug-likeness (QED) is 0.738. The lowest BCUT2D eigenvalue weighted by Crippen LogP contribution is -1.91. The molecule has 3 aromatic rings. The first kappa shape index (κ1) is 12.9. The van der Waals surface area contributed by atoms with Crippen LogP contribution < -0.4 is 9.47 Å². The number of aromatic nitrogens is 3. The van der Waals surface area contributed by atoms with Gasteiger partial charge in [0.05, 0.1) is 14.2 Å². The van der Waals surface area contributed by atoms with E-state index in [2.05, 4.69) is 26.0 Å². The van der Waals surface area contributed by atoms with Crippen LogP contribution in [0.4, 0.5) is 0 Å². The molecule has 0 aliphatic carbocycles. The molecule has 0 bridgehead atoms. The van der Waals surface area contributed by atoms with Crippen LogP contribution >= 0.6 is 15.9 Å². The van der Waals surface area contributed by atoms with Crippen LogP contribution in [0.25, 0.3) is 17.0 Å². The Morgan fingerprint density at radius 2 is 1.85 bits per heavy atom. The van der Waals surface area contributed by atoms with Gasteiger partial charge in [-0.15, -0.1) is 5.10 Å². The Morgan fingerprint density at radius 1 is 1.05 bits per heavy atom. The molecule has 0 aliphatic heterocycles. The van der Waals surface area contributed by atoms with Gasteiger partial charge in [-0.05, 0) is 30.3 Å². The van der Waals surface area contributed by atoms with Crippen molar-refractivity contribution in [2.24, 2.45) is 0 Å². The van der Waals surface area contributed by atoms with Gasteiger partial charge >= 0.3 is 0 Å². The molecule has 0 radical (unpaired) electrons. The minimum absolute atomic E-state index is 0.643. The van der Waals surface area contributed by atoms with Crippen LogP contribution in [0.15, 0.2) is 41.0 Å². The molecule has 0 spiro atoms. The molecule has 102 valence electrons. The van der Waals surface area contributed by atoms with Gasteiger partial charge in [-0.1, -0.05) is 15.9 Å². The Balaban J connectivity index is 2.10. The van der Waals surface area contributed by atoms with Crippen molar-refractivity contribution in [3.05, 3.63) is 41.0 Å². The van der Waals surface area contributed by atoms with Crippen molar-refractivity contribution in [2.45, 2.75) is 0 Å². The fraction of sp³-hybridized carbons (Fsp3) is 0.143. The third-order valence-electron chi connectivity index (χ3n) is 2.94. The summed E-state index contributed by atoms with van der Waals surface area (Å²) >= 11 is 3.42. The number of benzene rings is 1. The molecule has 0 aliphatic rings. The molecule has 0 amide bonds. The molecule has 0 atom stereocenters. The van der Waals surface area contributed by atoms with Crippen LogP contribution in [0.2, 0.25) is 0 Å². The first-order valence-electron chi connectivity index (χ1n) is 5.95. The van der Waals surface area contributed by atoms with Gasteiger partial charge in [0.15, 0.2) is 23.0 Å². The largest absolute Gasteiger partial charge is 0.493 e. The topological polar surface area (TPSA) is 48.7 Å². The Morgan fingerprint density at radius 3 is 2.60 bits per heavy atom. The van der Waals surface area contributed by atoms with Crippen molar-refractivity contribution in [3.8, 4) is 22.9 Å². The predicted molar refractivity (Wildman–Crippen MR) is 79.2 cm³/mol. The fourth-order valence-corrected chi connectivity index (χ4v) is 2.28. The van der Waals surface area contributed by atoms with Crippen molar-refractivity contribution in [2.75, 3.05) is 14.2 Å². The third kappa shape index (κ3) is 2.22. The summed E-state index contributed by atoms with van der Waals surface area (Å²) in [5, 5.41) is 4.44. The number of fused-ring (bicyclic) bond motifs is 1. The predicted octanol–water partition coefficient (Wildman–Crippen LogP) is 3.18. The molecule has 2 aromatic heterocycles. The van der Waals surface area contributed by atoms with Gasteiger partial charge in [-0.25, -0.2) is 9.50 Å². The van der Waals surface area contributed by atoms with E-state index in [1.807, 2.05) is 36.5 Å². The van der Waals surface area contributed by atoms with Crippen LogP contribution in [0.3, 0.4) is 0 Å². The second-order valence-corrected chi connectivity index (χ2v) is 5.07. The molecule has 2 heterocycles. The molecular formula is C14H12BrN3O2. The number of methoxy groups -OCH3 is 2. The van der Waals surface area contributed by atoms with Gasteiger partial charge in [0, 0.05) is 16.2 Å². The molecule has 1 aromatic carbocycles. The third-order valence-corrected chi connectivity index (χ3v) is 3.43. The molecule has 0 saturated carbocycles. The lowest BCUT2D eigenvalue weighted by Gasteiger charge is -2.07. The van der Waals surface area contributed by atoms with E-state index in [-0.39, 0.29) is 0 Å². The highest BCUT2D eigenvalue weighted by Gasteiger charge is 2.10. The van der Waals surface area contributed by atoms with Gasteiger partial charge in [-0.2, -0.15) is 0 Å². The van der Waals surface area contributed by atoms with E-state index < -0.39 is 0 Å². The highest BCUT2D eigenvalue weighted by Crippen LogP contribution is 2.31. The molecule has 3 rings (SSSR count). The number of halogens is 1. The SMILES string of the molecule is COc1ccc(-c2nc3cc(Br)ccn3n2)cc1OC. The van der Waals surface area contributed by atoms with E-state index in [1.165, 1.54) is 0 Å². The number of ether oxygens (including phenoxy) is 2. The van der Waals surface area contributed by atoms with Crippen LogP contribution in [0, 0.1) is 0 Å². The molecule has 0 saturated heterocycles. The Bertz CT molecular complexity index is 770. The second kappa shape index (κ2) is 5.13. The summed E-state index contributed by atoms with van der Waals surface area (Å²) in [6, 6.07) is 9.45. The van der Waals surface area contributed by atoms with Crippen molar-refractivity contribution in [1.82, 2.24) is 14.6 Å². The average Bonchev–Trinajstić information content (AvgIpc) is 2.89. The van der Waals surface area contributed by atoms with E-state index in [0.717, 1.165) is 15.7 Å². The molecule has 5 nitrogen and oxygen atoms in total. The summed E-state index contributed by atoms with van der Waals surface area (Å²) in [6.45, 7) is 0. The normalized spacial score (nSPS) is 10.8. The molecule has 6 heteroatoms. The van der Waals surface area contributed by atoms with Crippen LogP contribution in [0.1, 0.15) is 0 Å². The Kier molecular flexibility index (Phi) is 3.31. The maximum absolute atomic E-state index is 5.30. The summed E-state index contributed by atoms with van der Waals surface area (Å²) in [5.74, 6) is 1.98. The van der Waals surface area contributed by atoms with E-state index in [9.17, 15) is 0 Å². The van der Waals surface area contributed by atoms with Crippen LogP contribution in [-0.4, -0.2) is 28.8 Å². The molecule has 0 fully saturated rings. The maximum atomic E-state index is 5.30. The zero-order valence-electron chi connectivity index (χ0n) is 11.0. The highest BCUT2D eigenvalue weighted by molar-refractivity contribution is 9.10. The summed E-state index contributed by atoms with van der Waals surface area (Å²) < 4.78 is 13.2. The van der Waals surface area contributed by atoms with Crippen LogP contribution in [0.5, 0.6) is 11.5 Å². The van der Waals surface area contributed by atoms with Gasteiger partial charge in [0.25, 0.3) is 0 Å². The second-order valence-electron chi connectivity index (χ2n) is 4.15. The Labute approximate surface area is 124 Å². The van der Waals surface area contributed by atoms with Crippen molar-refractivity contribution in [3.63, 3.8) is 0 Å². The zero-order valence-corrected chi connectivity index (χ0v) is 12.6. The summed E-state index contributed by atoms with van der Waals surface area (Å²) in [5.41, 5.74) is 1.66. The van der Waals surface area contributed by atoms with Gasteiger partial charge < -0.3 is 9.47 Å². The first-order valence-corrected chi connectivity index (χ1v) is 6.75. The van der Waals surface area contributed by atoms with Gasteiger partial charge in [-0.3, -0.25) is 0 Å². The van der Waals surface area contributed by atoms with E-state index >= 15 is 0 Å². The van der Waals surface area contributed by atoms with Crippen molar-refractivity contribution < 1.29 is 9.47 Å². The average molecular weight is 334 g/mol. The lowest BCUT2D eigenvalue weighted by molar-refractivity contribution is 0.355.